The molecule has 1 saturated carbocycles. The van der Waals surface area contributed by atoms with E-state index < -0.39 is 0 Å². The highest BCUT2D eigenvalue weighted by Gasteiger charge is 2.11. The van der Waals surface area contributed by atoms with Crippen LogP contribution in [0.3, 0.4) is 0 Å². The maximum Gasteiger partial charge on any atom is -0.00934 e. The summed E-state index contributed by atoms with van der Waals surface area (Å²) in [5, 5.41) is 4.08. The van der Waals surface area contributed by atoms with Gasteiger partial charge in [0.2, 0.25) is 0 Å². The number of rotatable bonds is 4. The van der Waals surface area contributed by atoms with Crippen molar-refractivity contribution in [2.45, 2.75) is 64.7 Å². The Balaban J connectivity index is 0.000000212. The molecule has 0 unspecified atom stereocenters. The van der Waals surface area contributed by atoms with Crippen molar-refractivity contribution >= 4 is 11.3 Å². The lowest BCUT2D eigenvalue weighted by atomic mass is 9.86. The highest BCUT2D eigenvalue weighted by atomic mass is 32.1. The first-order valence-electron chi connectivity index (χ1n) is 6.90. The summed E-state index contributed by atoms with van der Waals surface area (Å²) in [6.45, 7) is 2.29. The van der Waals surface area contributed by atoms with E-state index >= 15 is 0 Å². The minimum atomic E-state index is 1.11. The van der Waals surface area contributed by atoms with Gasteiger partial charge in [-0.2, -0.15) is 11.3 Å². The summed E-state index contributed by atoms with van der Waals surface area (Å²) in [5.41, 5.74) is 0. The van der Waals surface area contributed by atoms with E-state index in [-0.39, 0.29) is 0 Å². The van der Waals surface area contributed by atoms with Gasteiger partial charge in [0.25, 0.3) is 0 Å². The van der Waals surface area contributed by atoms with Crippen molar-refractivity contribution < 1.29 is 0 Å². The minimum Gasteiger partial charge on any atom is -0.152 e. The van der Waals surface area contributed by atoms with Crippen LogP contribution in [0.5, 0.6) is 0 Å². The Morgan fingerprint density at radius 3 is 2.19 bits per heavy atom. The van der Waals surface area contributed by atoms with Crippen LogP contribution < -0.4 is 0 Å². The predicted octanol–water partition coefficient (Wildman–Crippen LogP) is 5.90. The van der Waals surface area contributed by atoms with Crippen LogP contribution in [0.4, 0.5) is 0 Å². The molecule has 0 bridgehead atoms. The van der Waals surface area contributed by atoms with E-state index in [0.717, 1.165) is 5.92 Å². The minimum absolute atomic E-state index is 1.11. The Kier molecular flexibility index (Phi) is 8.51. The molecule has 1 aromatic heterocycles. The monoisotopic (exact) mass is 238 g/mol. The molecule has 0 aromatic carbocycles. The average Bonchev–Trinajstić information content (AvgIpc) is 2.90. The Bertz CT molecular complexity index is 192. The molecule has 92 valence electrons. The molecule has 0 amide bonds. The van der Waals surface area contributed by atoms with Gasteiger partial charge in [0.05, 0.1) is 0 Å². The fraction of sp³-hybridized carbons (Fsp3) is 0.733. The molecule has 1 heterocycles. The van der Waals surface area contributed by atoms with Gasteiger partial charge in [0.15, 0.2) is 0 Å². The smallest absolute Gasteiger partial charge is 0.00934 e. The third kappa shape index (κ3) is 7.05. The maximum atomic E-state index is 2.29. The largest absolute Gasteiger partial charge is 0.152 e. The SMILES string of the molecule is CCCCCC1CCCCC1.c1ccsc1. The molecule has 0 saturated heterocycles. The zero-order valence-corrected chi connectivity index (χ0v) is 11.5. The van der Waals surface area contributed by atoms with Gasteiger partial charge in [0, 0.05) is 0 Å². The van der Waals surface area contributed by atoms with Crippen LogP contribution in [-0.4, -0.2) is 0 Å². The summed E-state index contributed by atoms with van der Waals surface area (Å²) in [6, 6.07) is 4.04. The standard InChI is InChI=1S/C11H22.C4H4S/c1-2-3-5-8-11-9-6-4-7-10-11;1-2-4-5-3-1/h11H,2-10H2,1H3;1-4H. The molecule has 0 N–H and O–H groups in total. The first-order valence-corrected chi connectivity index (χ1v) is 7.85. The predicted molar refractivity (Wildman–Crippen MR) is 75.0 cm³/mol. The summed E-state index contributed by atoms with van der Waals surface area (Å²) in [4.78, 5) is 0. The number of hydrogen-bond donors (Lipinski definition) is 0. The first kappa shape index (κ1) is 13.8. The lowest BCUT2D eigenvalue weighted by molar-refractivity contribution is 0.329. The van der Waals surface area contributed by atoms with E-state index in [2.05, 4.69) is 6.92 Å². The van der Waals surface area contributed by atoms with Crippen LogP contribution in [0, 0.1) is 5.92 Å². The molecule has 1 aromatic rings. The van der Waals surface area contributed by atoms with E-state index in [1.54, 1.807) is 11.3 Å². The molecule has 0 nitrogen and oxygen atoms in total. The average molecular weight is 238 g/mol. The highest BCUT2D eigenvalue weighted by molar-refractivity contribution is 7.07. The molecule has 1 aliphatic rings. The Hall–Kier alpha value is -0.300. The van der Waals surface area contributed by atoms with Gasteiger partial charge in [-0.25, -0.2) is 0 Å². The van der Waals surface area contributed by atoms with Crippen molar-refractivity contribution in [3.8, 4) is 0 Å². The van der Waals surface area contributed by atoms with E-state index in [1.165, 1.54) is 57.8 Å². The van der Waals surface area contributed by atoms with E-state index in [4.69, 9.17) is 0 Å². The van der Waals surface area contributed by atoms with Gasteiger partial charge in [-0.1, -0.05) is 76.8 Å². The fourth-order valence-electron chi connectivity index (χ4n) is 2.39. The molecular formula is C15H26S. The van der Waals surface area contributed by atoms with Crippen LogP contribution in [-0.2, 0) is 0 Å². The maximum absolute atomic E-state index is 2.29. The second-order valence-electron chi connectivity index (χ2n) is 4.79. The molecule has 0 atom stereocenters. The normalized spacial score (nSPS) is 16.6. The first-order chi connectivity index (χ1) is 7.93. The van der Waals surface area contributed by atoms with Gasteiger partial charge in [-0.15, -0.1) is 0 Å². The summed E-state index contributed by atoms with van der Waals surface area (Å²) in [7, 11) is 0. The topological polar surface area (TPSA) is 0 Å². The Labute approximate surface area is 105 Å². The lowest BCUT2D eigenvalue weighted by Crippen LogP contribution is -2.05. The third-order valence-corrected chi connectivity index (χ3v) is 3.99. The van der Waals surface area contributed by atoms with Crippen molar-refractivity contribution in [1.29, 1.82) is 0 Å². The van der Waals surface area contributed by atoms with Crippen molar-refractivity contribution in [1.82, 2.24) is 0 Å². The number of thiophene rings is 1. The summed E-state index contributed by atoms with van der Waals surface area (Å²) < 4.78 is 0. The molecule has 1 fully saturated rings. The summed E-state index contributed by atoms with van der Waals surface area (Å²) >= 11 is 1.71. The zero-order chi connectivity index (χ0) is 11.5. The molecule has 0 spiro atoms. The molecule has 2 rings (SSSR count). The molecule has 1 aliphatic carbocycles. The van der Waals surface area contributed by atoms with Gasteiger partial charge in [-0.3, -0.25) is 0 Å². The van der Waals surface area contributed by atoms with E-state index in [0.29, 0.717) is 0 Å². The van der Waals surface area contributed by atoms with Crippen molar-refractivity contribution in [3.63, 3.8) is 0 Å². The molecule has 1 heteroatoms. The number of hydrogen-bond acceptors (Lipinski definition) is 1. The van der Waals surface area contributed by atoms with Gasteiger partial charge in [0.1, 0.15) is 0 Å². The van der Waals surface area contributed by atoms with Crippen LogP contribution in [0.2, 0.25) is 0 Å². The Morgan fingerprint density at radius 1 is 1.00 bits per heavy atom. The zero-order valence-electron chi connectivity index (χ0n) is 10.7. The molecule has 16 heavy (non-hydrogen) atoms. The van der Waals surface area contributed by atoms with Crippen LogP contribution >= 0.6 is 11.3 Å². The molecule has 0 aliphatic heterocycles. The van der Waals surface area contributed by atoms with Crippen LogP contribution in [0.25, 0.3) is 0 Å². The van der Waals surface area contributed by atoms with Gasteiger partial charge in [-0.05, 0) is 16.7 Å². The van der Waals surface area contributed by atoms with Crippen LogP contribution in [0.15, 0.2) is 22.9 Å². The Morgan fingerprint density at radius 2 is 1.69 bits per heavy atom. The quantitative estimate of drug-likeness (QED) is 0.573. The summed E-state index contributed by atoms with van der Waals surface area (Å²) in [5.74, 6) is 1.11. The lowest BCUT2D eigenvalue weighted by Gasteiger charge is -2.20. The second kappa shape index (κ2) is 9.89. The number of unbranched alkanes of at least 4 members (excludes halogenated alkanes) is 2. The highest BCUT2D eigenvalue weighted by Crippen LogP contribution is 2.27. The van der Waals surface area contributed by atoms with Gasteiger partial charge < -0.3 is 0 Å². The second-order valence-corrected chi connectivity index (χ2v) is 5.61. The van der Waals surface area contributed by atoms with E-state index in [1.807, 2.05) is 22.9 Å². The van der Waals surface area contributed by atoms with Crippen LogP contribution in [0.1, 0.15) is 64.7 Å². The molecule has 0 radical (unpaired) electrons. The van der Waals surface area contributed by atoms with Crippen molar-refractivity contribution in [3.05, 3.63) is 22.9 Å². The third-order valence-electron chi connectivity index (χ3n) is 3.37. The summed E-state index contributed by atoms with van der Waals surface area (Å²) in [6.07, 6.45) is 13.4. The fourth-order valence-corrected chi connectivity index (χ4v) is 2.84. The van der Waals surface area contributed by atoms with Crippen molar-refractivity contribution in [2.75, 3.05) is 0 Å². The van der Waals surface area contributed by atoms with E-state index in [9.17, 15) is 0 Å². The molecular weight excluding hydrogens is 212 g/mol. The van der Waals surface area contributed by atoms with Gasteiger partial charge >= 0.3 is 0 Å². The van der Waals surface area contributed by atoms with Crippen molar-refractivity contribution in [2.24, 2.45) is 5.92 Å².